The van der Waals surface area contributed by atoms with Crippen molar-refractivity contribution in [2.24, 2.45) is 5.92 Å². The zero-order chi connectivity index (χ0) is 12.7. The van der Waals surface area contributed by atoms with E-state index in [1.807, 2.05) is 18.2 Å². The highest BCUT2D eigenvalue weighted by molar-refractivity contribution is 5.59. The maximum atomic E-state index is 4.38. The highest BCUT2D eigenvalue weighted by Crippen LogP contribution is 2.27. The molecule has 2 fully saturated rings. The molecule has 0 aliphatic carbocycles. The van der Waals surface area contributed by atoms with E-state index in [1.54, 1.807) is 0 Å². The van der Waals surface area contributed by atoms with Crippen LogP contribution in [0.25, 0.3) is 11.3 Å². The number of hydrogen-bond donors (Lipinski definition) is 1. The first kappa shape index (κ1) is 10.9. The van der Waals surface area contributed by atoms with Crippen molar-refractivity contribution in [2.45, 2.75) is 6.04 Å². The molecule has 4 nitrogen and oxygen atoms in total. The standard InChI is InChI=1S/C15H16N4/c1-2-4-11(5-3-1)13-6-7-15(18-17-13)19-9-12-8-16-14(12)10-19/h1-7,12,14,16H,8-10H2/t12-,14-/m1/s1. The molecule has 3 heterocycles. The van der Waals surface area contributed by atoms with Gasteiger partial charge in [-0.1, -0.05) is 30.3 Å². The molecule has 0 spiro atoms. The van der Waals surface area contributed by atoms with Gasteiger partial charge in [0.05, 0.1) is 5.69 Å². The van der Waals surface area contributed by atoms with Crippen LogP contribution in [0.1, 0.15) is 0 Å². The second-order valence-corrected chi connectivity index (χ2v) is 5.32. The van der Waals surface area contributed by atoms with Crippen molar-refractivity contribution in [1.82, 2.24) is 15.5 Å². The van der Waals surface area contributed by atoms with Crippen LogP contribution in [0.2, 0.25) is 0 Å². The predicted molar refractivity (Wildman–Crippen MR) is 75.0 cm³/mol. The second kappa shape index (κ2) is 4.31. The summed E-state index contributed by atoms with van der Waals surface area (Å²) >= 11 is 0. The van der Waals surface area contributed by atoms with Gasteiger partial charge in [-0.2, -0.15) is 0 Å². The number of rotatable bonds is 2. The Morgan fingerprint density at radius 2 is 1.89 bits per heavy atom. The third kappa shape index (κ3) is 1.88. The van der Waals surface area contributed by atoms with Crippen molar-refractivity contribution >= 4 is 5.82 Å². The minimum absolute atomic E-state index is 0.663. The lowest BCUT2D eigenvalue weighted by Gasteiger charge is -2.29. The average Bonchev–Trinajstić information content (AvgIpc) is 2.76. The highest BCUT2D eigenvalue weighted by Gasteiger charge is 2.39. The number of nitrogens with one attached hydrogen (secondary N) is 1. The van der Waals surface area contributed by atoms with E-state index in [9.17, 15) is 0 Å². The van der Waals surface area contributed by atoms with E-state index in [-0.39, 0.29) is 0 Å². The zero-order valence-electron chi connectivity index (χ0n) is 10.7. The molecule has 0 unspecified atom stereocenters. The molecule has 1 N–H and O–H groups in total. The molecular formula is C15H16N4. The monoisotopic (exact) mass is 252 g/mol. The fourth-order valence-corrected chi connectivity index (χ4v) is 2.90. The average molecular weight is 252 g/mol. The van der Waals surface area contributed by atoms with E-state index in [0.717, 1.165) is 42.6 Å². The molecule has 19 heavy (non-hydrogen) atoms. The van der Waals surface area contributed by atoms with Crippen LogP contribution in [0.5, 0.6) is 0 Å². The van der Waals surface area contributed by atoms with Crippen LogP contribution in [0.4, 0.5) is 5.82 Å². The molecule has 0 bridgehead atoms. The van der Waals surface area contributed by atoms with Crippen LogP contribution in [-0.4, -0.2) is 35.9 Å². The van der Waals surface area contributed by atoms with E-state index < -0.39 is 0 Å². The van der Waals surface area contributed by atoms with Crippen molar-refractivity contribution in [1.29, 1.82) is 0 Å². The number of nitrogens with zero attached hydrogens (tertiary/aromatic N) is 3. The lowest BCUT2D eigenvalue weighted by molar-refractivity contribution is 0.297. The molecule has 2 aromatic rings. The van der Waals surface area contributed by atoms with Gasteiger partial charge in [0.25, 0.3) is 0 Å². The fraction of sp³-hybridized carbons (Fsp3) is 0.333. The number of anilines is 1. The Labute approximate surface area is 112 Å². The summed E-state index contributed by atoms with van der Waals surface area (Å²) in [6, 6.07) is 15.0. The summed E-state index contributed by atoms with van der Waals surface area (Å²) < 4.78 is 0. The largest absolute Gasteiger partial charge is 0.353 e. The van der Waals surface area contributed by atoms with Gasteiger partial charge in [0.1, 0.15) is 0 Å². The van der Waals surface area contributed by atoms with Gasteiger partial charge in [-0.05, 0) is 12.1 Å². The Bertz CT molecular complexity index is 554. The first-order valence-corrected chi connectivity index (χ1v) is 6.77. The van der Waals surface area contributed by atoms with Gasteiger partial charge in [-0.3, -0.25) is 0 Å². The summed E-state index contributed by atoms with van der Waals surface area (Å²) in [5.41, 5.74) is 2.05. The first-order chi connectivity index (χ1) is 9.40. The first-order valence-electron chi connectivity index (χ1n) is 6.77. The molecule has 0 amide bonds. The van der Waals surface area contributed by atoms with Crippen LogP contribution in [0, 0.1) is 5.92 Å². The molecule has 1 aromatic carbocycles. The summed E-state index contributed by atoms with van der Waals surface area (Å²) in [6.45, 7) is 3.32. The van der Waals surface area contributed by atoms with Crippen LogP contribution >= 0.6 is 0 Å². The quantitative estimate of drug-likeness (QED) is 0.880. The summed E-state index contributed by atoms with van der Waals surface area (Å²) in [6.07, 6.45) is 0. The number of fused-ring (bicyclic) bond motifs is 1. The Morgan fingerprint density at radius 1 is 1.00 bits per heavy atom. The maximum Gasteiger partial charge on any atom is 0.151 e. The van der Waals surface area contributed by atoms with Gasteiger partial charge >= 0.3 is 0 Å². The van der Waals surface area contributed by atoms with Crippen LogP contribution in [0.15, 0.2) is 42.5 Å². The molecule has 1 aromatic heterocycles. The summed E-state index contributed by atoms with van der Waals surface area (Å²) in [5, 5.41) is 12.2. The minimum Gasteiger partial charge on any atom is -0.353 e. The van der Waals surface area contributed by atoms with E-state index in [2.05, 4.69) is 44.7 Å². The Hall–Kier alpha value is -1.94. The van der Waals surface area contributed by atoms with Crippen LogP contribution in [-0.2, 0) is 0 Å². The van der Waals surface area contributed by atoms with Crippen molar-refractivity contribution in [2.75, 3.05) is 24.5 Å². The van der Waals surface area contributed by atoms with Gasteiger partial charge in [0.15, 0.2) is 5.82 Å². The van der Waals surface area contributed by atoms with Gasteiger partial charge in [0.2, 0.25) is 0 Å². The lowest BCUT2D eigenvalue weighted by atomic mass is 9.96. The summed E-state index contributed by atoms with van der Waals surface area (Å²) in [4.78, 5) is 2.33. The van der Waals surface area contributed by atoms with Gasteiger partial charge in [0, 0.05) is 37.2 Å². The maximum absolute atomic E-state index is 4.38. The Kier molecular flexibility index (Phi) is 2.48. The second-order valence-electron chi connectivity index (χ2n) is 5.32. The topological polar surface area (TPSA) is 41.0 Å². The third-order valence-corrected chi connectivity index (χ3v) is 4.13. The number of aromatic nitrogens is 2. The lowest BCUT2D eigenvalue weighted by Crippen LogP contribution is -2.51. The Morgan fingerprint density at radius 3 is 2.47 bits per heavy atom. The van der Waals surface area contributed by atoms with Crippen LogP contribution in [0.3, 0.4) is 0 Å². The van der Waals surface area contributed by atoms with Crippen molar-refractivity contribution in [3.8, 4) is 11.3 Å². The smallest absolute Gasteiger partial charge is 0.151 e. The van der Waals surface area contributed by atoms with E-state index in [1.165, 1.54) is 0 Å². The van der Waals surface area contributed by atoms with Crippen molar-refractivity contribution in [3.05, 3.63) is 42.5 Å². The van der Waals surface area contributed by atoms with E-state index in [0.29, 0.717) is 6.04 Å². The van der Waals surface area contributed by atoms with E-state index in [4.69, 9.17) is 0 Å². The molecule has 2 aliphatic heterocycles. The Balaban J connectivity index is 1.56. The van der Waals surface area contributed by atoms with Gasteiger partial charge in [-0.15, -0.1) is 10.2 Å². The molecule has 0 saturated carbocycles. The minimum atomic E-state index is 0.663. The van der Waals surface area contributed by atoms with E-state index >= 15 is 0 Å². The zero-order valence-corrected chi connectivity index (χ0v) is 10.7. The fourth-order valence-electron chi connectivity index (χ4n) is 2.90. The third-order valence-electron chi connectivity index (χ3n) is 4.13. The molecule has 0 radical (unpaired) electrons. The number of benzene rings is 1. The predicted octanol–water partition coefficient (Wildman–Crippen LogP) is 1.55. The summed E-state index contributed by atoms with van der Waals surface area (Å²) in [5.74, 6) is 1.80. The molecule has 2 aliphatic rings. The molecule has 4 rings (SSSR count). The molecule has 96 valence electrons. The normalized spacial score (nSPS) is 24.9. The number of hydrogen-bond acceptors (Lipinski definition) is 4. The SMILES string of the molecule is c1ccc(-c2ccc(N3C[C@H]4CN[C@@H]4C3)nn2)cc1. The molecule has 2 saturated heterocycles. The molecular weight excluding hydrogens is 236 g/mol. The van der Waals surface area contributed by atoms with Crippen molar-refractivity contribution < 1.29 is 0 Å². The van der Waals surface area contributed by atoms with Crippen molar-refractivity contribution in [3.63, 3.8) is 0 Å². The van der Waals surface area contributed by atoms with Gasteiger partial charge < -0.3 is 10.2 Å². The molecule has 4 heteroatoms. The van der Waals surface area contributed by atoms with Gasteiger partial charge in [-0.25, -0.2) is 0 Å². The van der Waals surface area contributed by atoms with Crippen LogP contribution < -0.4 is 10.2 Å². The highest BCUT2D eigenvalue weighted by atomic mass is 15.3. The summed E-state index contributed by atoms with van der Waals surface area (Å²) in [7, 11) is 0. The molecule has 2 atom stereocenters.